The van der Waals surface area contributed by atoms with Gasteiger partial charge in [0.2, 0.25) is 0 Å². The zero-order chi connectivity index (χ0) is 25.5. The lowest BCUT2D eigenvalue weighted by Gasteiger charge is -2.08. The van der Waals surface area contributed by atoms with E-state index in [-0.39, 0.29) is 6.61 Å². The van der Waals surface area contributed by atoms with Crippen LogP contribution in [-0.2, 0) is 13.2 Å². The van der Waals surface area contributed by atoms with Crippen LogP contribution in [0.15, 0.2) is 65.2 Å². The molecule has 0 unspecified atom stereocenters. The molecule has 0 bridgehead atoms. The van der Waals surface area contributed by atoms with Crippen molar-refractivity contribution in [3.63, 3.8) is 0 Å². The number of benzene rings is 2. The largest absolute Gasteiger partial charge is 0.496 e. The molecular weight excluding hydrogens is 488 g/mol. The van der Waals surface area contributed by atoms with Gasteiger partial charge in [0.25, 0.3) is 0 Å². The van der Waals surface area contributed by atoms with Gasteiger partial charge in [-0.1, -0.05) is 18.2 Å². The fraction of sp³-hybridized carbons (Fsp3) is 0.179. The molecule has 0 aliphatic rings. The molecule has 6 aromatic rings. The van der Waals surface area contributed by atoms with Crippen LogP contribution in [0.4, 0.5) is 0 Å². The number of hydrogen-bond acceptors (Lipinski definition) is 8. The van der Waals surface area contributed by atoms with E-state index < -0.39 is 0 Å². The lowest BCUT2D eigenvalue weighted by atomic mass is 10.1. The van der Waals surface area contributed by atoms with Crippen LogP contribution in [0.2, 0.25) is 0 Å². The van der Waals surface area contributed by atoms with E-state index in [9.17, 15) is 5.11 Å². The number of furan rings is 1. The van der Waals surface area contributed by atoms with Crippen molar-refractivity contribution in [2.75, 3.05) is 7.11 Å². The molecule has 0 aliphatic heterocycles. The molecule has 6 rings (SSSR count). The summed E-state index contributed by atoms with van der Waals surface area (Å²) in [5.74, 6) is 1.89. The second-order valence-corrected chi connectivity index (χ2v) is 9.92. The van der Waals surface area contributed by atoms with E-state index in [1.165, 1.54) is 0 Å². The third-order valence-electron chi connectivity index (χ3n) is 6.13. The van der Waals surface area contributed by atoms with Crippen molar-refractivity contribution in [3.8, 4) is 33.5 Å². The highest BCUT2D eigenvalue weighted by atomic mass is 32.1. The third-order valence-corrected chi connectivity index (χ3v) is 7.19. The minimum atomic E-state index is -0.00218. The Morgan fingerprint density at radius 1 is 1.05 bits per heavy atom. The molecule has 1 N–H and O–H groups in total. The van der Waals surface area contributed by atoms with Crippen LogP contribution in [0.3, 0.4) is 0 Å². The number of rotatable bonds is 7. The second-order valence-electron chi connectivity index (χ2n) is 8.72. The predicted molar refractivity (Wildman–Crippen MR) is 142 cm³/mol. The topological polar surface area (TPSA) is 94.9 Å². The number of ether oxygens (including phenoxy) is 2. The summed E-state index contributed by atoms with van der Waals surface area (Å²) >= 11 is 1.60. The number of aromatic nitrogens is 4. The number of aryl methyl sites for hydroxylation is 2. The zero-order valence-electron chi connectivity index (χ0n) is 20.6. The molecule has 0 fully saturated rings. The van der Waals surface area contributed by atoms with Crippen LogP contribution in [0, 0.1) is 13.8 Å². The number of thiazole rings is 1. The highest BCUT2D eigenvalue weighted by Gasteiger charge is 2.17. The number of nitrogens with zero attached hydrogens (tertiary/aromatic N) is 4. The molecule has 0 saturated carbocycles. The standard InChI is InChI=1S/C28H24N4O4S/c1-16-7-8-27-29-22(13-32(27)31-16)26-12-21-24(10-20(34-3)11-25(21)36-26)35-15-23-17(2)37-28(30-23)19-6-4-5-18(9-19)14-33/h4-13,33H,14-15H2,1-3H3. The lowest BCUT2D eigenvalue weighted by molar-refractivity contribution is 0.282. The van der Waals surface area contributed by atoms with Gasteiger partial charge in [0.1, 0.15) is 34.4 Å². The average Bonchev–Trinajstić information content (AvgIpc) is 3.63. The van der Waals surface area contributed by atoms with E-state index in [0.29, 0.717) is 35.1 Å². The summed E-state index contributed by atoms with van der Waals surface area (Å²) in [5.41, 5.74) is 5.67. The molecule has 0 spiro atoms. The van der Waals surface area contributed by atoms with E-state index in [1.807, 2.05) is 74.6 Å². The molecule has 186 valence electrons. The Bertz CT molecular complexity index is 1750. The number of hydrogen-bond donors (Lipinski definition) is 1. The van der Waals surface area contributed by atoms with Crippen molar-refractivity contribution < 1.29 is 19.0 Å². The number of aliphatic hydroxyl groups excluding tert-OH is 1. The Morgan fingerprint density at radius 2 is 1.95 bits per heavy atom. The molecule has 0 radical (unpaired) electrons. The van der Waals surface area contributed by atoms with Gasteiger partial charge in [-0.3, -0.25) is 0 Å². The van der Waals surface area contributed by atoms with Crippen LogP contribution in [0.1, 0.15) is 21.8 Å². The van der Waals surface area contributed by atoms with E-state index in [1.54, 1.807) is 23.0 Å². The average molecular weight is 513 g/mol. The quantitative estimate of drug-likeness (QED) is 0.282. The Kier molecular flexibility index (Phi) is 5.86. The van der Waals surface area contributed by atoms with Crippen LogP contribution in [-0.4, -0.2) is 31.8 Å². The fourth-order valence-corrected chi connectivity index (χ4v) is 5.09. The third kappa shape index (κ3) is 4.43. The first-order chi connectivity index (χ1) is 18.0. The molecule has 8 nitrogen and oxygen atoms in total. The normalized spacial score (nSPS) is 11.5. The van der Waals surface area contributed by atoms with Crippen molar-refractivity contribution in [2.45, 2.75) is 27.1 Å². The number of imidazole rings is 1. The summed E-state index contributed by atoms with van der Waals surface area (Å²) in [6.45, 7) is 4.27. The van der Waals surface area contributed by atoms with Crippen molar-refractivity contribution in [1.82, 2.24) is 19.6 Å². The Morgan fingerprint density at radius 3 is 2.78 bits per heavy atom. The predicted octanol–water partition coefficient (Wildman–Crippen LogP) is 5.96. The Balaban J connectivity index is 1.32. The first kappa shape index (κ1) is 23.2. The summed E-state index contributed by atoms with van der Waals surface area (Å²) in [5, 5.41) is 15.7. The smallest absolute Gasteiger partial charge is 0.155 e. The van der Waals surface area contributed by atoms with Crippen LogP contribution >= 0.6 is 11.3 Å². The maximum atomic E-state index is 9.47. The van der Waals surface area contributed by atoms with Crippen molar-refractivity contribution >= 4 is 28.0 Å². The molecule has 9 heteroatoms. The summed E-state index contributed by atoms with van der Waals surface area (Å²) in [6.07, 6.45) is 1.85. The first-order valence-corrected chi connectivity index (χ1v) is 12.6. The van der Waals surface area contributed by atoms with Gasteiger partial charge in [-0.25, -0.2) is 14.5 Å². The van der Waals surface area contributed by atoms with E-state index in [0.717, 1.165) is 43.4 Å². The molecule has 4 heterocycles. The first-order valence-electron chi connectivity index (χ1n) is 11.7. The molecular formula is C28H24N4O4S. The van der Waals surface area contributed by atoms with Gasteiger partial charge >= 0.3 is 0 Å². The monoisotopic (exact) mass is 512 g/mol. The Hall–Kier alpha value is -4.21. The van der Waals surface area contributed by atoms with Crippen molar-refractivity contribution in [2.24, 2.45) is 0 Å². The number of aliphatic hydroxyl groups is 1. The molecule has 2 aromatic carbocycles. The number of methoxy groups -OCH3 is 1. The van der Waals surface area contributed by atoms with E-state index in [4.69, 9.17) is 18.9 Å². The van der Waals surface area contributed by atoms with Gasteiger partial charge in [0.15, 0.2) is 11.4 Å². The van der Waals surface area contributed by atoms with Crippen LogP contribution in [0.5, 0.6) is 11.5 Å². The minimum absolute atomic E-state index is 0.00218. The second kappa shape index (κ2) is 9.34. The van der Waals surface area contributed by atoms with Gasteiger partial charge in [-0.15, -0.1) is 11.3 Å². The highest BCUT2D eigenvalue weighted by Crippen LogP contribution is 2.37. The summed E-state index contributed by atoms with van der Waals surface area (Å²) < 4.78 is 19.7. The summed E-state index contributed by atoms with van der Waals surface area (Å²) in [6, 6.07) is 17.2. The maximum absolute atomic E-state index is 9.47. The van der Waals surface area contributed by atoms with E-state index in [2.05, 4.69) is 10.1 Å². The molecule has 0 amide bonds. The summed E-state index contributed by atoms with van der Waals surface area (Å²) in [4.78, 5) is 10.5. The fourth-order valence-electron chi connectivity index (χ4n) is 4.18. The van der Waals surface area contributed by atoms with Gasteiger partial charge in [0, 0.05) is 22.6 Å². The lowest BCUT2D eigenvalue weighted by Crippen LogP contribution is -1.98. The minimum Gasteiger partial charge on any atom is -0.496 e. The zero-order valence-corrected chi connectivity index (χ0v) is 21.4. The molecule has 0 atom stereocenters. The summed E-state index contributed by atoms with van der Waals surface area (Å²) in [7, 11) is 1.61. The van der Waals surface area contributed by atoms with Gasteiger partial charge < -0.3 is 19.0 Å². The maximum Gasteiger partial charge on any atom is 0.155 e. The van der Waals surface area contributed by atoms with Gasteiger partial charge in [0.05, 0.1) is 36.7 Å². The van der Waals surface area contributed by atoms with Crippen LogP contribution < -0.4 is 9.47 Å². The SMILES string of the molecule is COc1cc(OCc2nc(-c3cccc(CO)c3)sc2C)c2cc(-c3cn4nc(C)ccc4n3)oc2c1. The van der Waals surface area contributed by atoms with Crippen molar-refractivity contribution in [1.29, 1.82) is 0 Å². The molecule has 0 saturated heterocycles. The van der Waals surface area contributed by atoms with Crippen molar-refractivity contribution in [3.05, 3.63) is 82.6 Å². The van der Waals surface area contributed by atoms with Gasteiger partial charge in [-0.05, 0) is 43.7 Å². The highest BCUT2D eigenvalue weighted by molar-refractivity contribution is 7.15. The Labute approximate surface area is 216 Å². The molecule has 0 aliphatic carbocycles. The van der Waals surface area contributed by atoms with Gasteiger partial charge in [-0.2, -0.15) is 5.10 Å². The molecule has 37 heavy (non-hydrogen) atoms. The molecule has 4 aromatic heterocycles. The van der Waals surface area contributed by atoms with Crippen LogP contribution in [0.25, 0.3) is 38.6 Å². The number of fused-ring (bicyclic) bond motifs is 2. The van der Waals surface area contributed by atoms with E-state index >= 15 is 0 Å².